The van der Waals surface area contributed by atoms with Crippen molar-refractivity contribution < 1.29 is 8.42 Å². The predicted octanol–water partition coefficient (Wildman–Crippen LogP) is 1.86. The first-order valence-electron chi connectivity index (χ1n) is 4.13. The molecule has 0 aromatic carbocycles. The zero-order valence-corrected chi connectivity index (χ0v) is 8.45. The molecule has 0 radical (unpaired) electrons. The molecule has 0 N–H and O–H groups in total. The van der Waals surface area contributed by atoms with Crippen LogP contribution in [-0.4, -0.2) is 20.4 Å². The molecule has 0 aromatic heterocycles. The van der Waals surface area contributed by atoms with Crippen LogP contribution in [0.4, 0.5) is 0 Å². The molecule has 3 heteroatoms. The van der Waals surface area contributed by atoms with Gasteiger partial charge in [0.25, 0.3) is 0 Å². The molecule has 11 heavy (non-hydrogen) atoms. The van der Waals surface area contributed by atoms with E-state index in [4.69, 9.17) is 0 Å². The van der Waals surface area contributed by atoms with E-state index in [9.17, 15) is 8.42 Å². The molecule has 0 amide bonds. The highest BCUT2D eigenvalue weighted by Crippen LogP contribution is 2.09. The Bertz CT molecular complexity index is 182. The molecule has 0 aliphatic carbocycles. The van der Waals surface area contributed by atoms with E-state index in [0.29, 0.717) is 11.7 Å². The third kappa shape index (κ3) is 7.85. The number of rotatable bonds is 5. The lowest BCUT2D eigenvalue weighted by molar-refractivity contribution is 0.533. The average molecular weight is 178 g/mol. The zero-order valence-electron chi connectivity index (χ0n) is 7.63. The van der Waals surface area contributed by atoms with Gasteiger partial charge in [0.1, 0.15) is 9.84 Å². The minimum atomic E-state index is -2.75. The Morgan fingerprint density at radius 2 is 1.91 bits per heavy atom. The molecule has 0 bridgehead atoms. The molecule has 1 atom stereocenters. The maximum atomic E-state index is 10.8. The summed E-state index contributed by atoms with van der Waals surface area (Å²) < 4.78 is 21.6. The summed E-state index contributed by atoms with van der Waals surface area (Å²) >= 11 is 0. The fourth-order valence-electron chi connectivity index (χ4n) is 1.15. The predicted molar refractivity (Wildman–Crippen MR) is 48.4 cm³/mol. The van der Waals surface area contributed by atoms with E-state index < -0.39 is 9.84 Å². The number of sulfone groups is 1. The first-order valence-corrected chi connectivity index (χ1v) is 6.19. The molecule has 0 fully saturated rings. The SMILES string of the molecule is CCCCC(C)CS(C)(=O)=O. The summed E-state index contributed by atoms with van der Waals surface area (Å²) in [7, 11) is -2.75. The minimum absolute atomic E-state index is 0.324. The number of hydrogen-bond acceptors (Lipinski definition) is 2. The largest absolute Gasteiger partial charge is 0.229 e. The molecule has 0 spiro atoms. The van der Waals surface area contributed by atoms with E-state index in [2.05, 4.69) is 6.92 Å². The van der Waals surface area contributed by atoms with Gasteiger partial charge in [-0.3, -0.25) is 0 Å². The maximum Gasteiger partial charge on any atom is 0.147 e. The lowest BCUT2D eigenvalue weighted by atomic mass is 10.1. The maximum absolute atomic E-state index is 10.8. The van der Waals surface area contributed by atoms with Crippen molar-refractivity contribution in [3.63, 3.8) is 0 Å². The van der Waals surface area contributed by atoms with Crippen molar-refractivity contribution in [2.24, 2.45) is 5.92 Å². The monoisotopic (exact) mass is 178 g/mol. The van der Waals surface area contributed by atoms with E-state index in [-0.39, 0.29) is 0 Å². The summed E-state index contributed by atoms with van der Waals surface area (Å²) in [5.41, 5.74) is 0. The van der Waals surface area contributed by atoms with Crippen molar-refractivity contribution >= 4 is 9.84 Å². The third-order valence-corrected chi connectivity index (χ3v) is 2.81. The second-order valence-corrected chi connectivity index (χ2v) is 5.52. The molecule has 0 heterocycles. The fourth-order valence-corrected chi connectivity index (χ4v) is 2.35. The van der Waals surface area contributed by atoms with E-state index in [0.717, 1.165) is 19.3 Å². The summed E-state index contributed by atoms with van der Waals surface area (Å²) in [6.07, 6.45) is 4.61. The van der Waals surface area contributed by atoms with Gasteiger partial charge in [0, 0.05) is 6.26 Å². The Hall–Kier alpha value is -0.0500. The molecule has 2 nitrogen and oxygen atoms in total. The van der Waals surface area contributed by atoms with Gasteiger partial charge in [-0.15, -0.1) is 0 Å². The van der Waals surface area contributed by atoms with Crippen molar-refractivity contribution in [1.29, 1.82) is 0 Å². The van der Waals surface area contributed by atoms with Crippen molar-refractivity contribution in [3.8, 4) is 0 Å². The number of hydrogen-bond donors (Lipinski definition) is 0. The average Bonchev–Trinajstić information content (AvgIpc) is 1.79. The summed E-state index contributed by atoms with van der Waals surface area (Å²) in [5.74, 6) is 0.664. The van der Waals surface area contributed by atoms with Gasteiger partial charge in [0.05, 0.1) is 5.75 Å². The van der Waals surface area contributed by atoms with E-state index in [1.807, 2.05) is 6.92 Å². The molecule has 0 saturated heterocycles. The quantitative estimate of drug-likeness (QED) is 0.644. The second kappa shape index (κ2) is 4.75. The van der Waals surface area contributed by atoms with Crippen molar-refractivity contribution in [1.82, 2.24) is 0 Å². The van der Waals surface area contributed by atoms with Crippen LogP contribution in [0.2, 0.25) is 0 Å². The van der Waals surface area contributed by atoms with Crippen LogP contribution >= 0.6 is 0 Å². The van der Waals surface area contributed by atoms with Crippen LogP contribution in [0.5, 0.6) is 0 Å². The van der Waals surface area contributed by atoms with Gasteiger partial charge in [-0.05, 0) is 12.3 Å². The first kappa shape index (κ1) is 11.0. The van der Waals surface area contributed by atoms with E-state index in [1.165, 1.54) is 6.26 Å². The highest BCUT2D eigenvalue weighted by Gasteiger charge is 2.08. The Kier molecular flexibility index (Phi) is 4.73. The summed E-state index contributed by atoms with van der Waals surface area (Å²) in [4.78, 5) is 0. The molecule has 0 aliphatic rings. The molecular weight excluding hydrogens is 160 g/mol. The molecule has 68 valence electrons. The smallest absolute Gasteiger partial charge is 0.147 e. The van der Waals surface area contributed by atoms with Crippen LogP contribution in [0.15, 0.2) is 0 Å². The van der Waals surface area contributed by atoms with Crippen LogP contribution in [0.1, 0.15) is 33.1 Å². The Morgan fingerprint density at radius 1 is 1.36 bits per heavy atom. The standard InChI is InChI=1S/C8H18O2S/c1-4-5-6-8(2)7-11(3,9)10/h8H,4-7H2,1-3H3. The Labute approximate surface area is 69.9 Å². The third-order valence-electron chi connectivity index (χ3n) is 1.64. The molecule has 0 rings (SSSR count). The lowest BCUT2D eigenvalue weighted by Gasteiger charge is -2.07. The van der Waals surface area contributed by atoms with Crippen LogP contribution in [0, 0.1) is 5.92 Å². The van der Waals surface area contributed by atoms with Crippen LogP contribution < -0.4 is 0 Å². The molecule has 1 unspecified atom stereocenters. The fraction of sp³-hybridized carbons (Fsp3) is 1.00. The normalized spacial score (nSPS) is 14.8. The Morgan fingerprint density at radius 3 is 2.27 bits per heavy atom. The van der Waals surface area contributed by atoms with Gasteiger partial charge < -0.3 is 0 Å². The Balaban J connectivity index is 3.61. The first-order chi connectivity index (χ1) is 4.95. The van der Waals surface area contributed by atoms with Gasteiger partial charge in [-0.2, -0.15) is 0 Å². The molecular formula is C8H18O2S. The van der Waals surface area contributed by atoms with Gasteiger partial charge in [-0.1, -0.05) is 26.7 Å². The van der Waals surface area contributed by atoms with Crippen LogP contribution in [0.3, 0.4) is 0 Å². The molecule has 0 aromatic rings. The van der Waals surface area contributed by atoms with Gasteiger partial charge >= 0.3 is 0 Å². The minimum Gasteiger partial charge on any atom is -0.229 e. The van der Waals surface area contributed by atoms with Gasteiger partial charge in [0.2, 0.25) is 0 Å². The highest BCUT2D eigenvalue weighted by atomic mass is 32.2. The number of unbranched alkanes of at least 4 members (excludes halogenated alkanes) is 1. The van der Waals surface area contributed by atoms with Gasteiger partial charge in [0.15, 0.2) is 0 Å². The second-order valence-electron chi connectivity index (χ2n) is 3.34. The van der Waals surface area contributed by atoms with Crippen molar-refractivity contribution in [2.45, 2.75) is 33.1 Å². The summed E-state index contributed by atoms with van der Waals surface area (Å²) in [5, 5.41) is 0. The van der Waals surface area contributed by atoms with Crippen molar-refractivity contribution in [3.05, 3.63) is 0 Å². The zero-order chi connectivity index (χ0) is 8.91. The molecule has 0 saturated carbocycles. The summed E-state index contributed by atoms with van der Waals surface area (Å²) in [6, 6.07) is 0. The van der Waals surface area contributed by atoms with E-state index in [1.54, 1.807) is 0 Å². The topological polar surface area (TPSA) is 34.1 Å². The lowest BCUT2D eigenvalue weighted by Crippen LogP contribution is -2.11. The van der Waals surface area contributed by atoms with Gasteiger partial charge in [-0.25, -0.2) is 8.42 Å². The highest BCUT2D eigenvalue weighted by molar-refractivity contribution is 7.90. The van der Waals surface area contributed by atoms with Crippen LogP contribution in [-0.2, 0) is 9.84 Å². The summed E-state index contributed by atoms with van der Waals surface area (Å²) in [6.45, 7) is 4.11. The van der Waals surface area contributed by atoms with Crippen LogP contribution in [0.25, 0.3) is 0 Å². The van der Waals surface area contributed by atoms with Crippen molar-refractivity contribution in [2.75, 3.05) is 12.0 Å². The molecule has 0 aliphatic heterocycles. The van der Waals surface area contributed by atoms with E-state index >= 15 is 0 Å².